The third-order valence-electron chi connectivity index (χ3n) is 7.67. The van der Waals surface area contributed by atoms with Crippen LogP contribution in [-0.2, 0) is 24.4 Å². The summed E-state index contributed by atoms with van der Waals surface area (Å²) < 4.78 is 42.0. The Morgan fingerprint density at radius 1 is 1.05 bits per heavy atom. The number of piperazine rings is 1. The molecule has 2 aliphatic rings. The topological polar surface area (TPSA) is 80.1 Å². The maximum atomic E-state index is 14.5. The van der Waals surface area contributed by atoms with Crippen LogP contribution in [0.25, 0.3) is 11.0 Å². The first kappa shape index (κ1) is 27.4. The van der Waals surface area contributed by atoms with E-state index < -0.39 is 17.6 Å². The second-order valence-electron chi connectivity index (χ2n) is 10.3. The van der Waals surface area contributed by atoms with E-state index in [9.17, 15) is 18.7 Å². The van der Waals surface area contributed by atoms with Crippen molar-refractivity contribution in [2.24, 2.45) is 0 Å². The van der Waals surface area contributed by atoms with Gasteiger partial charge in [-0.25, -0.2) is 18.6 Å². The van der Waals surface area contributed by atoms with Gasteiger partial charge in [0.15, 0.2) is 11.6 Å². The van der Waals surface area contributed by atoms with E-state index in [1.165, 1.54) is 18.2 Å². The summed E-state index contributed by atoms with van der Waals surface area (Å²) in [4.78, 5) is 20.9. The van der Waals surface area contributed by atoms with Gasteiger partial charge >= 0.3 is 5.97 Å². The molecule has 1 atom stereocenters. The Labute approximate surface area is 240 Å². The lowest BCUT2D eigenvalue weighted by atomic mass is 10.1. The van der Waals surface area contributed by atoms with E-state index in [1.54, 1.807) is 36.4 Å². The van der Waals surface area contributed by atoms with Crippen molar-refractivity contribution in [1.82, 2.24) is 14.5 Å². The van der Waals surface area contributed by atoms with Gasteiger partial charge in [-0.1, -0.05) is 17.7 Å². The highest BCUT2D eigenvalue weighted by Gasteiger charge is 2.25. The van der Waals surface area contributed by atoms with Gasteiger partial charge in [0.05, 0.1) is 35.8 Å². The van der Waals surface area contributed by atoms with Crippen molar-refractivity contribution in [3.8, 4) is 5.75 Å². The number of halogens is 3. The van der Waals surface area contributed by atoms with E-state index in [-0.39, 0.29) is 29.0 Å². The first-order chi connectivity index (χ1) is 19.8. The number of nitrogens with zero attached hydrogens (tertiary/aromatic N) is 4. The van der Waals surface area contributed by atoms with E-state index in [1.807, 2.05) is 0 Å². The van der Waals surface area contributed by atoms with E-state index >= 15 is 0 Å². The Kier molecular flexibility index (Phi) is 7.79. The molecule has 0 radical (unpaired) electrons. The molecule has 3 aromatic carbocycles. The van der Waals surface area contributed by atoms with Gasteiger partial charge in [-0.15, -0.1) is 0 Å². The number of carboxylic acids is 1. The number of rotatable bonds is 9. The number of benzene rings is 3. The second-order valence-corrected chi connectivity index (χ2v) is 10.8. The number of imidazole rings is 1. The van der Waals surface area contributed by atoms with Crippen LogP contribution in [0.15, 0.2) is 54.6 Å². The van der Waals surface area contributed by atoms with Crippen molar-refractivity contribution in [1.29, 1.82) is 0 Å². The maximum Gasteiger partial charge on any atom is 0.335 e. The van der Waals surface area contributed by atoms with Crippen LogP contribution in [0, 0.1) is 11.6 Å². The first-order valence-electron chi connectivity index (χ1n) is 13.5. The van der Waals surface area contributed by atoms with Crippen molar-refractivity contribution < 1.29 is 28.2 Å². The molecular formula is C30H29ClF2N4O4. The Morgan fingerprint density at radius 3 is 2.56 bits per heavy atom. The summed E-state index contributed by atoms with van der Waals surface area (Å²) >= 11 is 5.81. The van der Waals surface area contributed by atoms with Gasteiger partial charge in [0.1, 0.15) is 18.2 Å². The van der Waals surface area contributed by atoms with Crippen molar-refractivity contribution in [3.63, 3.8) is 0 Å². The zero-order chi connectivity index (χ0) is 28.5. The third kappa shape index (κ3) is 6.00. The van der Waals surface area contributed by atoms with Crippen molar-refractivity contribution in [2.45, 2.75) is 32.2 Å². The van der Waals surface area contributed by atoms with E-state index in [4.69, 9.17) is 26.1 Å². The molecule has 0 bridgehead atoms. The summed E-state index contributed by atoms with van der Waals surface area (Å²) in [6.07, 6.45) is 1.07. The highest BCUT2D eigenvalue weighted by Crippen LogP contribution is 2.28. The molecule has 0 amide bonds. The van der Waals surface area contributed by atoms with Gasteiger partial charge in [-0.3, -0.25) is 4.90 Å². The van der Waals surface area contributed by atoms with E-state index in [0.717, 1.165) is 48.7 Å². The number of ether oxygens (including phenoxy) is 2. The van der Waals surface area contributed by atoms with Crippen molar-refractivity contribution in [2.75, 3.05) is 37.7 Å². The Bertz CT molecular complexity index is 1580. The molecule has 8 nitrogen and oxygen atoms in total. The number of carboxylic acid groups (broad SMARTS) is 1. The van der Waals surface area contributed by atoms with Gasteiger partial charge in [0.2, 0.25) is 0 Å². The van der Waals surface area contributed by atoms with Crippen LogP contribution in [0.3, 0.4) is 0 Å². The molecule has 0 spiro atoms. The Hall–Kier alpha value is -3.73. The molecule has 0 unspecified atom stereocenters. The van der Waals surface area contributed by atoms with Crippen LogP contribution < -0.4 is 9.64 Å². The standard InChI is InChI=1S/C30H29ClF2N4O4/c31-21-3-1-20(25(33)14-21)18-41-28-15-22(4-5-24(28)32)36-10-8-35(9-11-36)17-29-34-26-6-2-19(30(38)39)13-27(26)37(29)16-23-7-12-40-23/h1-6,13-15,23H,7-12,16-18H2,(H,38,39)/t23-/m0/s1. The summed E-state index contributed by atoms with van der Waals surface area (Å²) in [5, 5.41) is 9.77. The van der Waals surface area contributed by atoms with Gasteiger partial charge in [0, 0.05) is 55.1 Å². The molecule has 6 rings (SSSR count). The summed E-state index contributed by atoms with van der Waals surface area (Å²) in [5.74, 6) is -1.04. The van der Waals surface area contributed by atoms with Gasteiger partial charge in [-0.05, 0) is 48.9 Å². The molecule has 2 aliphatic heterocycles. The largest absolute Gasteiger partial charge is 0.486 e. The molecule has 11 heteroatoms. The SMILES string of the molecule is O=C(O)c1ccc2nc(CN3CCN(c4ccc(F)c(OCc5ccc(Cl)cc5F)c4)CC3)n(C[C@@H]3CCO3)c2c1. The summed E-state index contributed by atoms with van der Waals surface area (Å²) in [7, 11) is 0. The number of hydrogen-bond donors (Lipinski definition) is 1. The van der Waals surface area contributed by atoms with Crippen LogP contribution in [0.5, 0.6) is 5.75 Å². The maximum absolute atomic E-state index is 14.5. The zero-order valence-corrected chi connectivity index (χ0v) is 23.0. The lowest BCUT2D eigenvalue weighted by Gasteiger charge is -2.36. The second kappa shape index (κ2) is 11.6. The van der Waals surface area contributed by atoms with Gasteiger partial charge in [-0.2, -0.15) is 0 Å². The molecule has 1 N–H and O–H groups in total. The fraction of sp³-hybridized carbons (Fsp3) is 0.333. The van der Waals surface area contributed by atoms with E-state index in [0.29, 0.717) is 31.7 Å². The molecule has 1 aromatic heterocycles. The minimum absolute atomic E-state index is 0.0620. The number of hydrogen-bond acceptors (Lipinski definition) is 6. The number of carbonyl (C=O) groups is 1. The summed E-state index contributed by atoms with van der Waals surface area (Å²) in [5.41, 5.74) is 2.91. The number of anilines is 1. The monoisotopic (exact) mass is 582 g/mol. The molecular weight excluding hydrogens is 554 g/mol. The highest BCUT2D eigenvalue weighted by molar-refractivity contribution is 6.30. The zero-order valence-electron chi connectivity index (χ0n) is 22.2. The van der Waals surface area contributed by atoms with Gasteiger partial charge < -0.3 is 24.0 Å². The predicted octanol–water partition coefficient (Wildman–Crippen LogP) is 5.36. The van der Waals surface area contributed by atoms with Crippen LogP contribution in [0.4, 0.5) is 14.5 Å². The molecule has 0 aliphatic carbocycles. The van der Waals surface area contributed by atoms with Crippen LogP contribution in [-0.4, -0.2) is 64.4 Å². The van der Waals surface area contributed by atoms with Crippen molar-refractivity contribution >= 4 is 34.3 Å². The lowest BCUT2D eigenvalue weighted by Crippen LogP contribution is -2.46. The fourth-order valence-electron chi connectivity index (χ4n) is 5.22. The summed E-state index contributed by atoms with van der Waals surface area (Å²) in [6.45, 7) is 4.81. The Balaban J connectivity index is 1.12. The molecule has 2 saturated heterocycles. The molecule has 41 heavy (non-hydrogen) atoms. The number of fused-ring (bicyclic) bond motifs is 1. The normalized spacial score (nSPS) is 17.5. The molecule has 0 saturated carbocycles. The minimum atomic E-state index is -0.969. The average molecular weight is 583 g/mol. The molecule has 2 fully saturated rings. The molecule has 214 valence electrons. The number of aromatic nitrogens is 2. The predicted molar refractivity (Wildman–Crippen MR) is 151 cm³/mol. The number of aromatic carboxylic acids is 1. The van der Waals surface area contributed by atoms with Crippen LogP contribution in [0.2, 0.25) is 5.02 Å². The molecule has 4 aromatic rings. The summed E-state index contributed by atoms with van der Waals surface area (Å²) in [6, 6.07) is 14.1. The minimum Gasteiger partial charge on any atom is -0.486 e. The first-order valence-corrected chi connectivity index (χ1v) is 13.9. The average Bonchev–Trinajstić information content (AvgIpc) is 3.27. The lowest BCUT2D eigenvalue weighted by molar-refractivity contribution is -0.0592. The van der Waals surface area contributed by atoms with Crippen molar-refractivity contribution in [3.05, 3.63) is 88.2 Å². The quantitative estimate of drug-likeness (QED) is 0.285. The highest BCUT2D eigenvalue weighted by atomic mass is 35.5. The van der Waals surface area contributed by atoms with Gasteiger partial charge in [0.25, 0.3) is 0 Å². The smallest absolute Gasteiger partial charge is 0.335 e. The van der Waals surface area contributed by atoms with Crippen LogP contribution >= 0.6 is 11.6 Å². The van der Waals surface area contributed by atoms with Crippen LogP contribution in [0.1, 0.15) is 28.2 Å². The third-order valence-corrected chi connectivity index (χ3v) is 7.90. The molecule has 3 heterocycles. The Morgan fingerprint density at radius 2 is 1.85 bits per heavy atom. The fourth-order valence-corrected chi connectivity index (χ4v) is 5.38. The van der Waals surface area contributed by atoms with E-state index in [2.05, 4.69) is 14.4 Å².